The van der Waals surface area contributed by atoms with Crippen LogP contribution in [0.1, 0.15) is 84.1 Å². The fraction of sp³-hybridized carbons (Fsp3) is 0.264. The average molecular weight is 1050 g/mol. The van der Waals surface area contributed by atoms with Crippen LogP contribution in [0.15, 0.2) is 153 Å². The first-order chi connectivity index (χ1) is 34.2. The lowest BCUT2D eigenvalue weighted by Crippen LogP contribution is -2.48. The maximum atomic E-state index is 16.4. The summed E-state index contributed by atoms with van der Waals surface area (Å²) in [6, 6.07) is 34.0. The van der Waals surface area contributed by atoms with Gasteiger partial charge in [-0.3, -0.25) is 9.36 Å². The molecule has 4 aliphatic rings. The van der Waals surface area contributed by atoms with Crippen molar-refractivity contribution in [3.63, 3.8) is 0 Å². The van der Waals surface area contributed by atoms with Gasteiger partial charge in [0.1, 0.15) is 22.6 Å². The fourth-order valence-corrected chi connectivity index (χ4v) is 19.5. The number of hydrogen-bond donors (Lipinski definition) is 1. The van der Waals surface area contributed by atoms with Crippen LogP contribution in [0.3, 0.4) is 0 Å². The van der Waals surface area contributed by atoms with Gasteiger partial charge in [-0.15, -0.1) is 47.0 Å². The van der Waals surface area contributed by atoms with Gasteiger partial charge in [0.05, 0.1) is 6.42 Å². The Morgan fingerprint density at radius 1 is 0.549 bits per heavy atom. The molecule has 6 bridgehead atoms. The van der Waals surface area contributed by atoms with Crippen molar-refractivity contribution in [1.29, 1.82) is 0 Å². The molecule has 0 radical (unpaired) electrons. The van der Waals surface area contributed by atoms with Gasteiger partial charge in [0.2, 0.25) is 7.37 Å². The van der Waals surface area contributed by atoms with Crippen LogP contribution < -0.4 is 16.3 Å². The second-order valence-electron chi connectivity index (χ2n) is 18.7. The molecule has 4 aliphatic heterocycles. The van der Waals surface area contributed by atoms with Crippen molar-refractivity contribution in [2.45, 2.75) is 102 Å². The molecule has 7 aromatic rings. The predicted molar refractivity (Wildman–Crippen MR) is 297 cm³/mol. The highest BCUT2D eigenvalue weighted by atomic mass is 32.2. The molecule has 11 rings (SSSR count). The summed E-state index contributed by atoms with van der Waals surface area (Å²) in [4.78, 5) is 50.1. The molecule has 0 saturated heterocycles. The van der Waals surface area contributed by atoms with Crippen LogP contribution >= 0.6 is 54.4 Å². The monoisotopic (exact) mass is 1050 g/mol. The van der Waals surface area contributed by atoms with Crippen molar-refractivity contribution in [2.75, 3.05) is 6.16 Å². The first kappa shape index (κ1) is 48.3. The van der Waals surface area contributed by atoms with Crippen molar-refractivity contribution in [1.82, 2.24) is 7.10 Å². The van der Waals surface area contributed by atoms with Gasteiger partial charge in [-0.05, 0) is 36.4 Å². The number of aromatic nitrogens is 2. The molecule has 0 amide bonds. The smallest absolute Gasteiger partial charge is 0.481 e. The lowest BCUT2D eigenvalue weighted by atomic mass is 10.1. The molecular weight excluding hydrogens is 999 g/mol. The van der Waals surface area contributed by atoms with E-state index in [0.717, 1.165) is 63.4 Å². The number of carbonyl (C=O) groups is 1. The average Bonchev–Trinajstić information content (AvgIpc) is 4.04. The summed E-state index contributed by atoms with van der Waals surface area (Å²) in [5, 5.41) is 14.9. The van der Waals surface area contributed by atoms with Gasteiger partial charge in [-0.25, -0.2) is 30.0 Å². The van der Waals surface area contributed by atoms with Gasteiger partial charge in [-0.1, -0.05) is 122 Å². The topological polar surface area (TPSA) is 148 Å². The van der Waals surface area contributed by atoms with Gasteiger partial charge in [0.25, 0.3) is 0 Å². The number of aliphatic imine (C=N–C) groups is 4. The second-order valence-corrected chi connectivity index (χ2v) is 30.0. The van der Waals surface area contributed by atoms with Gasteiger partial charge < -0.3 is 15.8 Å². The highest BCUT2D eigenvalue weighted by molar-refractivity contribution is 8.00. The summed E-state index contributed by atoms with van der Waals surface area (Å²) in [6.07, 6.45) is -0.641. The summed E-state index contributed by atoms with van der Waals surface area (Å²) >= 11 is 3.21. The summed E-state index contributed by atoms with van der Waals surface area (Å²) in [5.74, 6) is 1.94. The molecule has 2 aromatic heterocycles. The van der Waals surface area contributed by atoms with Gasteiger partial charge in [0.15, 0.2) is 23.3 Å². The molecule has 5 aromatic carbocycles. The molecule has 358 valence electrons. The minimum absolute atomic E-state index is 0.193. The summed E-state index contributed by atoms with van der Waals surface area (Å²) in [6.45, 7) is 17.4. The number of aliphatic carboxylic acids is 1. The molecule has 12 nitrogen and oxygen atoms in total. The van der Waals surface area contributed by atoms with E-state index < -0.39 is 28.3 Å². The van der Waals surface area contributed by atoms with Crippen LogP contribution in [0.25, 0.3) is 21.5 Å². The van der Waals surface area contributed by atoms with Crippen molar-refractivity contribution >= 4 is 137 Å². The van der Waals surface area contributed by atoms with E-state index in [1.165, 1.54) is 0 Å². The molecule has 18 heteroatoms. The van der Waals surface area contributed by atoms with E-state index in [9.17, 15) is 9.90 Å². The predicted octanol–water partition coefficient (Wildman–Crippen LogP) is 12.0. The van der Waals surface area contributed by atoms with Gasteiger partial charge >= 0.3 is 20.9 Å². The lowest BCUT2D eigenvalue weighted by Gasteiger charge is -2.25. The zero-order valence-corrected chi connectivity index (χ0v) is 45.8. The van der Waals surface area contributed by atoms with Gasteiger partial charge in [0, 0.05) is 95.8 Å². The second kappa shape index (κ2) is 19.2. The van der Waals surface area contributed by atoms with E-state index in [0.29, 0.717) is 51.3 Å². The summed E-state index contributed by atoms with van der Waals surface area (Å²) in [7, 11) is -4.08. The van der Waals surface area contributed by atoms with Crippen LogP contribution in [0.2, 0.25) is 0 Å². The molecule has 1 unspecified atom stereocenters. The lowest BCUT2D eigenvalue weighted by molar-refractivity contribution is -0.136. The van der Waals surface area contributed by atoms with E-state index in [1.54, 1.807) is 59.2 Å². The molecule has 1 atom stereocenters. The number of carboxylic acid groups (broad SMARTS) is 1. The van der Waals surface area contributed by atoms with E-state index in [1.807, 2.05) is 18.2 Å². The van der Waals surface area contributed by atoms with Crippen LogP contribution in [-0.4, -0.2) is 83.6 Å². The van der Waals surface area contributed by atoms with Crippen molar-refractivity contribution in [3.05, 3.63) is 136 Å². The van der Waals surface area contributed by atoms with Crippen molar-refractivity contribution in [3.8, 4) is 0 Å². The van der Waals surface area contributed by atoms with Crippen LogP contribution in [0, 0.1) is 0 Å². The van der Waals surface area contributed by atoms with Crippen molar-refractivity contribution < 1.29 is 18.0 Å². The third kappa shape index (κ3) is 8.74. The Morgan fingerprint density at radius 3 is 1.65 bits per heavy atom. The fourth-order valence-electron chi connectivity index (χ4n) is 9.44. The molecule has 0 saturated carbocycles. The largest absolute Gasteiger partial charge is 0.815 e. The Labute approximate surface area is 434 Å². The van der Waals surface area contributed by atoms with Crippen molar-refractivity contribution in [2.24, 2.45) is 30.0 Å². The molecule has 1 N–H and O–H groups in total. The summed E-state index contributed by atoms with van der Waals surface area (Å²) in [5.41, 5.74) is 4.51. The third-order valence-corrected chi connectivity index (χ3v) is 22.2. The maximum absolute atomic E-state index is 16.4. The van der Waals surface area contributed by atoms with E-state index in [-0.39, 0.29) is 33.6 Å². The maximum Gasteiger partial charge on any atom is 0.815 e. The highest BCUT2D eigenvalue weighted by Gasteiger charge is 2.48. The Hall–Kier alpha value is -4.95. The van der Waals surface area contributed by atoms with Crippen LogP contribution in [0.4, 0.5) is 11.6 Å². The molecular formula is C53H50AlN8O4PS4. The Balaban J connectivity index is 1.40. The van der Waals surface area contributed by atoms with E-state index >= 15 is 4.57 Å². The van der Waals surface area contributed by atoms with E-state index in [2.05, 4.69) is 135 Å². The number of thioether (sulfide) groups is 4. The standard InChI is InChI=1S/C44H40N8S4.C9H11O4P.Al/c1-21(2)53-29-17-9-13-25-33(29)41-45-37(25)50-42-35-27(15-11-19-31(35)55-23(5)6)39(47-42)52-44-36-28(16-12-20-32(36)56-24(7)8)40(48-44)51-43-34-26(38(46-43)49-41)14-10-18-30(34)54-22(3)4;10-9(11)6-7-14(12,13)8-4-2-1-3-5-8;/h9-24H,1-8H3;1-5H,6-7H2,(H,10,11)(H,12,13);/q-2;;+3/p-1. The Kier molecular flexibility index (Phi) is 13.0. The molecule has 0 fully saturated rings. The molecule has 0 aliphatic carbocycles. The minimum Gasteiger partial charge on any atom is -0.481 e. The number of carboxylic acids is 1. The highest BCUT2D eigenvalue weighted by Crippen LogP contribution is 2.51. The Bertz CT molecular complexity index is 3700. The van der Waals surface area contributed by atoms with E-state index in [4.69, 9.17) is 33.5 Å². The number of fused-ring (bicyclic) bond motifs is 14. The SMILES string of the molecule is CC(C)Sc1cccc2c1C1=NC2=Nc2c3c(SC(C)C)cccc3c3[n]2[Al]([O]P(=O)(CCC(=O)O)c2ccccc2)[n]2c(c4cccc(SC(C)C)c4c2=NC2=NC(=N3)c3c(SC(C)C)cccc32)=N1. The third-order valence-electron chi connectivity index (χ3n) is 12.1. The zero-order chi connectivity index (χ0) is 49.5. The molecule has 0 spiro atoms. The van der Waals surface area contributed by atoms with Crippen LogP contribution in [0.5, 0.6) is 0 Å². The quantitative estimate of drug-likeness (QED) is 0.0643. The van der Waals surface area contributed by atoms with Crippen LogP contribution in [-0.2, 0) is 12.9 Å². The molecule has 71 heavy (non-hydrogen) atoms. The van der Waals surface area contributed by atoms with Gasteiger partial charge in [-0.2, -0.15) is 0 Å². The normalized spacial score (nSPS) is 15.4. The molecule has 6 heterocycles. The first-order valence-electron chi connectivity index (χ1n) is 23.8. The number of nitrogens with zero attached hydrogens (tertiary/aromatic N) is 8. The number of benzene rings is 5. The number of rotatable bonds is 14. The summed E-state index contributed by atoms with van der Waals surface area (Å²) < 4.78 is 28.1. The first-order valence-corrected chi connectivity index (χ1v) is 30.6. The minimum atomic E-state index is -4.08. The zero-order valence-electron chi connectivity index (χ0n) is 40.4. The number of amidine groups is 4. The number of hydrogen-bond acceptors (Lipinski definition) is 13. The Morgan fingerprint density at radius 2 is 1.04 bits per heavy atom.